The highest BCUT2D eigenvalue weighted by atomic mass is 19.1. The van der Waals surface area contributed by atoms with E-state index in [1.165, 1.54) is 6.07 Å². The van der Waals surface area contributed by atoms with E-state index in [0.29, 0.717) is 36.7 Å². The van der Waals surface area contributed by atoms with Crippen molar-refractivity contribution in [3.8, 4) is 11.9 Å². The molecule has 2 aromatic carbocycles. The van der Waals surface area contributed by atoms with Crippen LogP contribution in [-0.2, 0) is 29.2 Å². The maximum absolute atomic E-state index is 14.3. The largest absolute Gasteiger partial charge is 0.473 e. The lowest BCUT2D eigenvalue weighted by molar-refractivity contribution is -0.0592. The van der Waals surface area contributed by atoms with Gasteiger partial charge < -0.3 is 24.1 Å². The van der Waals surface area contributed by atoms with Gasteiger partial charge in [0.1, 0.15) is 18.2 Å². The fourth-order valence-electron chi connectivity index (χ4n) is 6.37. The summed E-state index contributed by atoms with van der Waals surface area (Å²) in [6, 6.07) is 17.8. The summed E-state index contributed by atoms with van der Waals surface area (Å²) in [5.74, 6) is 1.11. The third-order valence-electron chi connectivity index (χ3n) is 9.70. The van der Waals surface area contributed by atoms with Crippen molar-refractivity contribution in [3.05, 3.63) is 88.6 Å². The van der Waals surface area contributed by atoms with Crippen LogP contribution in [0.15, 0.2) is 54.6 Å². The van der Waals surface area contributed by atoms with E-state index in [9.17, 15) is 9.18 Å². The lowest BCUT2D eigenvalue weighted by atomic mass is 9.93. The monoisotopic (exact) mass is 712 g/mol. The van der Waals surface area contributed by atoms with Gasteiger partial charge in [-0.15, -0.1) is 0 Å². The molecule has 2 atom stereocenters. The molecule has 2 saturated heterocycles. The van der Waals surface area contributed by atoms with Gasteiger partial charge in [0.15, 0.2) is 0 Å². The Labute approximate surface area is 307 Å². The third-order valence-corrected chi connectivity index (χ3v) is 9.70. The van der Waals surface area contributed by atoms with E-state index in [2.05, 4.69) is 21.7 Å². The molecule has 1 N–H and O–H groups in total. The number of ether oxygens (including phenoxy) is 3. The molecule has 2 aliphatic rings. The second-order valence-electron chi connectivity index (χ2n) is 14.1. The van der Waals surface area contributed by atoms with Crippen LogP contribution in [0.4, 0.5) is 4.39 Å². The van der Waals surface area contributed by atoms with Crippen molar-refractivity contribution in [2.45, 2.75) is 111 Å². The summed E-state index contributed by atoms with van der Waals surface area (Å²) in [6.07, 6.45) is 4.08. The van der Waals surface area contributed by atoms with E-state index in [1.807, 2.05) is 71.0 Å². The fraction of sp³-hybridized carbons (Fsp3) is 0.512. The molecule has 52 heavy (non-hydrogen) atoms. The van der Waals surface area contributed by atoms with Crippen LogP contribution in [0.2, 0.25) is 0 Å². The summed E-state index contributed by atoms with van der Waals surface area (Å²) >= 11 is 0. The van der Waals surface area contributed by atoms with Crippen molar-refractivity contribution in [1.82, 2.24) is 24.8 Å². The maximum Gasteiger partial charge on any atom is 0.251 e. The number of aromatic nitrogens is 3. The number of rotatable bonds is 14. The Morgan fingerprint density at radius 3 is 2.56 bits per heavy atom. The highest BCUT2D eigenvalue weighted by molar-refractivity contribution is 5.97. The number of nitrogens with one attached hydrogen (secondary N) is 1. The van der Waals surface area contributed by atoms with Crippen LogP contribution < -0.4 is 10.1 Å². The lowest BCUT2D eigenvalue weighted by Gasteiger charge is -2.32. The van der Waals surface area contributed by atoms with Gasteiger partial charge in [0.25, 0.3) is 5.91 Å². The number of piperidine rings is 1. The van der Waals surface area contributed by atoms with E-state index < -0.39 is 11.4 Å². The Morgan fingerprint density at radius 1 is 1.12 bits per heavy atom. The predicted molar refractivity (Wildman–Crippen MR) is 200 cm³/mol. The molecule has 2 aromatic heterocycles. The van der Waals surface area contributed by atoms with Gasteiger partial charge in [0, 0.05) is 35.4 Å². The number of nitriles is 1. The fourth-order valence-corrected chi connectivity index (χ4v) is 6.37. The number of amides is 1. The van der Waals surface area contributed by atoms with E-state index in [4.69, 9.17) is 29.4 Å². The number of fused-ring (bicyclic) bond motifs is 1. The second kappa shape index (κ2) is 17.9. The molecule has 278 valence electrons. The molecule has 0 spiro atoms. The minimum absolute atomic E-state index is 0.0385. The summed E-state index contributed by atoms with van der Waals surface area (Å²) < 4.78 is 34.2. The van der Waals surface area contributed by atoms with Crippen molar-refractivity contribution in [3.63, 3.8) is 0 Å². The number of nitrogens with zero attached hydrogens (tertiary/aromatic N) is 5. The number of carbonyl (C=O) groups excluding carboxylic acids is 1. The van der Waals surface area contributed by atoms with Gasteiger partial charge >= 0.3 is 0 Å². The summed E-state index contributed by atoms with van der Waals surface area (Å²) in [5, 5.41) is 12.1. The Balaban J connectivity index is 0.00000257. The number of hydrogen-bond acceptors (Lipinski definition) is 8. The maximum atomic E-state index is 14.3. The molecular weight excluding hydrogens is 659 g/mol. The van der Waals surface area contributed by atoms with Gasteiger partial charge in [-0.2, -0.15) is 5.26 Å². The molecule has 2 fully saturated rings. The summed E-state index contributed by atoms with van der Waals surface area (Å²) in [5.41, 5.74) is 3.52. The first-order valence-electron chi connectivity index (χ1n) is 18.7. The van der Waals surface area contributed by atoms with E-state index >= 15 is 0 Å². The number of imidazole rings is 1. The van der Waals surface area contributed by atoms with Crippen LogP contribution in [0, 0.1) is 17.1 Å². The zero-order valence-corrected chi connectivity index (χ0v) is 31.5. The van der Waals surface area contributed by atoms with Gasteiger partial charge in [-0.25, -0.2) is 14.4 Å². The average Bonchev–Trinajstić information content (AvgIpc) is 3.48. The molecule has 2 aliphatic heterocycles. The predicted octanol–water partition coefficient (Wildman–Crippen LogP) is 7.54. The molecule has 0 saturated carbocycles. The minimum atomic E-state index is -0.512. The Bertz CT molecular complexity index is 1840. The number of likely N-dealkylation sites (tertiary alicyclic amines) is 1. The zero-order chi connectivity index (χ0) is 37.3. The molecule has 0 bridgehead atoms. The summed E-state index contributed by atoms with van der Waals surface area (Å²) in [7, 11) is 0. The van der Waals surface area contributed by atoms with Crippen LogP contribution >= 0.6 is 0 Å². The first-order chi connectivity index (χ1) is 25.1. The van der Waals surface area contributed by atoms with Gasteiger partial charge in [-0.1, -0.05) is 32.9 Å². The van der Waals surface area contributed by atoms with E-state index in [-0.39, 0.29) is 36.2 Å². The molecule has 4 heterocycles. The van der Waals surface area contributed by atoms with Crippen LogP contribution in [-0.4, -0.2) is 69.4 Å². The Morgan fingerprint density at radius 2 is 1.88 bits per heavy atom. The lowest BCUT2D eigenvalue weighted by Crippen LogP contribution is -2.47. The smallest absolute Gasteiger partial charge is 0.251 e. The third kappa shape index (κ3) is 9.94. The Kier molecular flexibility index (Phi) is 13.4. The van der Waals surface area contributed by atoms with Gasteiger partial charge in [-0.05, 0) is 95.9 Å². The molecule has 1 amide bonds. The van der Waals surface area contributed by atoms with Crippen LogP contribution in [0.3, 0.4) is 0 Å². The van der Waals surface area contributed by atoms with Crippen LogP contribution in [0.25, 0.3) is 11.0 Å². The molecule has 0 aliphatic carbocycles. The zero-order valence-electron chi connectivity index (χ0n) is 31.5. The van der Waals surface area contributed by atoms with Gasteiger partial charge in [-0.3, -0.25) is 9.69 Å². The van der Waals surface area contributed by atoms with Crippen LogP contribution in [0.1, 0.15) is 106 Å². The van der Waals surface area contributed by atoms with Gasteiger partial charge in [0.2, 0.25) is 5.88 Å². The molecule has 10 nitrogen and oxygen atoms in total. The first-order valence-corrected chi connectivity index (χ1v) is 18.7. The minimum Gasteiger partial charge on any atom is -0.473 e. The van der Waals surface area contributed by atoms with Crippen molar-refractivity contribution in [2.75, 3.05) is 26.3 Å². The van der Waals surface area contributed by atoms with Crippen molar-refractivity contribution < 1.29 is 23.4 Å². The normalized spacial score (nSPS) is 17.1. The van der Waals surface area contributed by atoms with Crippen molar-refractivity contribution >= 4 is 16.9 Å². The molecule has 6 rings (SSSR count). The molecule has 4 aromatic rings. The van der Waals surface area contributed by atoms with Crippen molar-refractivity contribution in [2.24, 2.45) is 0 Å². The topological polar surface area (TPSA) is 115 Å². The quantitative estimate of drug-likeness (QED) is 0.143. The number of hydrogen-bond donors (Lipinski definition) is 1. The van der Waals surface area contributed by atoms with E-state index in [1.54, 1.807) is 18.2 Å². The SMILES string of the molecule is CC.CCC(C)OCC(C)(C)NC(=O)c1ccc2nc(CN3CCC(c4cccc(OCc5ccc(C#N)cc5F)n4)CC3)n(CC3CCO3)c2c1. The Hall–Kier alpha value is -4.37. The van der Waals surface area contributed by atoms with Crippen molar-refractivity contribution in [1.29, 1.82) is 5.26 Å². The molecule has 2 unspecified atom stereocenters. The second-order valence-corrected chi connectivity index (χ2v) is 14.1. The highest BCUT2D eigenvalue weighted by Crippen LogP contribution is 2.30. The summed E-state index contributed by atoms with van der Waals surface area (Å²) in [4.78, 5) is 25.6. The van der Waals surface area contributed by atoms with Gasteiger partial charge in [0.05, 0.1) is 60.1 Å². The number of halogens is 1. The number of pyridine rings is 1. The highest BCUT2D eigenvalue weighted by Gasteiger charge is 2.27. The van der Waals surface area contributed by atoms with Crippen LogP contribution in [0.5, 0.6) is 5.88 Å². The molecular formula is C41H53FN6O4. The van der Waals surface area contributed by atoms with E-state index in [0.717, 1.165) is 67.9 Å². The average molecular weight is 713 g/mol. The summed E-state index contributed by atoms with van der Waals surface area (Å²) in [6.45, 7) is 16.5. The standard InChI is InChI=1S/C39H47FN6O4.C2H6/c1-5-26(2)50-25-39(3,4)44-38(47)29-11-12-34-35(20-29)46(22-31-15-18-48-31)36(42-34)23-45-16-13-28(14-17-45)33-7-6-8-37(43-33)49-24-30-10-9-27(21-41)19-32(30)40;1-2/h6-12,19-20,26,28,31H,5,13-18,22-25H2,1-4H3,(H,44,47);1-2H3. The molecule has 11 heteroatoms. The number of carbonyl (C=O) groups is 1. The first kappa shape index (κ1) is 38.9. The number of benzene rings is 2. The molecule has 0 radical (unpaired) electrons.